The zero-order valence-electron chi connectivity index (χ0n) is 7.53. The van der Waals surface area contributed by atoms with Crippen LogP contribution in [0.5, 0.6) is 0 Å². The Bertz CT molecular complexity index is 130. The molecule has 72 valence electrons. The van der Waals surface area contributed by atoms with E-state index in [9.17, 15) is 0 Å². The van der Waals surface area contributed by atoms with E-state index >= 15 is 0 Å². The van der Waals surface area contributed by atoms with E-state index in [4.69, 9.17) is 9.84 Å². The molecule has 0 amide bonds. The fourth-order valence-electron chi connectivity index (χ4n) is 1.06. The van der Waals surface area contributed by atoms with Crippen molar-refractivity contribution < 1.29 is 9.84 Å². The lowest BCUT2D eigenvalue weighted by Crippen LogP contribution is -2.14. The lowest BCUT2D eigenvalue weighted by atomic mass is 10.1. The molecule has 2 nitrogen and oxygen atoms in total. The molecule has 2 atom stereocenters. The van der Waals surface area contributed by atoms with Crippen molar-refractivity contribution in [1.29, 1.82) is 0 Å². The van der Waals surface area contributed by atoms with Gasteiger partial charge in [0.1, 0.15) is 5.44 Å². The van der Waals surface area contributed by atoms with Gasteiger partial charge in [-0.25, -0.2) is 0 Å². The van der Waals surface area contributed by atoms with Crippen LogP contribution >= 0.6 is 21.6 Å². The fraction of sp³-hybridized carbons (Fsp3) is 1.00. The summed E-state index contributed by atoms with van der Waals surface area (Å²) in [6, 6.07) is 0. The molecule has 1 aliphatic heterocycles. The van der Waals surface area contributed by atoms with Crippen molar-refractivity contribution in [1.82, 2.24) is 0 Å². The van der Waals surface area contributed by atoms with Crippen LogP contribution in [-0.2, 0) is 4.74 Å². The Balaban J connectivity index is 2.17. The number of aliphatic hydroxyl groups excluding tert-OH is 1. The molecule has 0 aliphatic carbocycles. The molecule has 0 bridgehead atoms. The van der Waals surface area contributed by atoms with Crippen LogP contribution in [0.15, 0.2) is 0 Å². The number of rotatable bonds is 4. The Hall–Kier alpha value is 0.620. The van der Waals surface area contributed by atoms with Crippen LogP contribution in [0.2, 0.25) is 0 Å². The molecule has 0 aromatic rings. The number of hydrogen-bond acceptors (Lipinski definition) is 4. The van der Waals surface area contributed by atoms with Crippen LogP contribution < -0.4 is 0 Å². The third-order valence-corrected chi connectivity index (χ3v) is 5.21. The van der Waals surface area contributed by atoms with Crippen LogP contribution in [0.3, 0.4) is 0 Å². The largest absolute Gasteiger partial charge is 0.394 e. The summed E-state index contributed by atoms with van der Waals surface area (Å²) < 4.78 is 5.42. The second-order valence-corrected chi connectivity index (χ2v) is 5.91. The van der Waals surface area contributed by atoms with E-state index in [1.54, 1.807) is 10.8 Å². The third kappa shape index (κ3) is 3.17. The zero-order chi connectivity index (χ0) is 8.97. The fourth-order valence-corrected chi connectivity index (χ4v) is 4.47. The molecule has 1 saturated heterocycles. The van der Waals surface area contributed by atoms with Gasteiger partial charge in [0.05, 0.1) is 13.2 Å². The maximum absolute atomic E-state index is 8.56. The molecular weight excluding hydrogens is 192 g/mol. The van der Waals surface area contributed by atoms with Gasteiger partial charge in [-0.15, -0.1) is 0 Å². The maximum Gasteiger partial charge on any atom is 0.114 e. The van der Waals surface area contributed by atoms with Gasteiger partial charge < -0.3 is 9.84 Å². The molecule has 4 heteroatoms. The van der Waals surface area contributed by atoms with Gasteiger partial charge >= 0.3 is 0 Å². The minimum Gasteiger partial charge on any atom is -0.394 e. The molecule has 0 aromatic heterocycles. The predicted molar refractivity (Wildman–Crippen MR) is 55.3 cm³/mol. The van der Waals surface area contributed by atoms with E-state index < -0.39 is 0 Å². The summed E-state index contributed by atoms with van der Waals surface area (Å²) in [6.45, 7) is 5.09. The van der Waals surface area contributed by atoms with Gasteiger partial charge in [-0.2, -0.15) is 0 Å². The summed E-state index contributed by atoms with van der Waals surface area (Å²) in [5, 5.41) is 9.28. The van der Waals surface area contributed by atoms with E-state index in [0.29, 0.717) is 12.0 Å². The van der Waals surface area contributed by atoms with Gasteiger partial charge in [0, 0.05) is 5.25 Å². The van der Waals surface area contributed by atoms with E-state index in [1.165, 1.54) is 0 Å². The summed E-state index contributed by atoms with van der Waals surface area (Å²) in [4.78, 5) is 0. The van der Waals surface area contributed by atoms with Crippen molar-refractivity contribution in [3.05, 3.63) is 0 Å². The van der Waals surface area contributed by atoms with Gasteiger partial charge in [0.25, 0.3) is 0 Å². The first-order chi connectivity index (χ1) is 5.74. The summed E-state index contributed by atoms with van der Waals surface area (Å²) in [7, 11) is 3.72. The first-order valence-electron chi connectivity index (χ1n) is 4.28. The normalized spacial score (nSPS) is 30.0. The highest BCUT2D eigenvalue weighted by Crippen LogP contribution is 2.46. The van der Waals surface area contributed by atoms with Crippen LogP contribution in [0.25, 0.3) is 0 Å². The summed E-state index contributed by atoms with van der Waals surface area (Å²) >= 11 is 0. The second-order valence-electron chi connectivity index (χ2n) is 3.23. The van der Waals surface area contributed by atoms with Gasteiger partial charge in [-0.1, -0.05) is 35.4 Å². The van der Waals surface area contributed by atoms with Gasteiger partial charge in [0.15, 0.2) is 0 Å². The number of ether oxygens (including phenoxy) is 1. The Labute approximate surface area is 81.8 Å². The van der Waals surface area contributed by atoms with Crippen LogP contribution in [0.1, 0.15) is 20.3 Å². The first-order valence-corrected chi connectivity index (χ1v) is 6.56. The highest BCUT2D eigenvalue weighted by atomic mass is 33.1. The van der Waals surface area contributed by atoms with Gasteiger partial charge in [-0.05, 0) is 12.3 Å². The molecule has 1 fully saturated rings. The molecule has 0 aromatic carbocycles. The van der Waals surface area contributed by atoms with Crippen molar-refractivity contribution in [3.63, 3.8) is 0 Å². The van der Waals surface area contributed by atoms with Gasteiger partial charge in [0.2, 0.25) is 0 Å². The van der Waals surface area contributed by atoms with Crippen molar-refractivity contribution >= 4 is 21.6 Å². The van der Waals surface area contributed by atoms with Crippen molar-refractivity contribution in [2.24, 2.45) is 5.92 Å². The van der Waals surface area contributed by atoms with Crippen LogP contribution in [0, 0.1) is 5.92 Å². The molecule has 1 N–H and O–H groups in total. The van der Waals surface area contributed by atoms with Crippen molar-refractivity contribution in [3.8, 4) is 0 Å². The Kier molecular flexibility index (Phi) is 4.79. The zero-order valence-corrected chi connectivity index (χ0v) is 9.16. The molecular formula is C8H16O2S2. The second kappa shape index (κ2) is 5.37. The average molecular weight is 208 g/mol. The molecule has 0 radical (unpaired) electrons. The van der Waals surface area contributed by atoms with Crippen LogP contribution in [0.4, 0.5) is 0 Å². The number of aliphatic hydroxyl groups is 1. The Morgan fingerprint density at radius 3 is 2.75 bits per heavy atom. The summed E-state index contributed by atoms with van der Waals surface area (Å²) in [6.07, 6.45) is 1.12. The van der Waals surface area contributed by atoms with Crippen molar-refractivity contribution in [2.45, 2.75) is 31.0 Å². The molecule has 1 heterocycles. The highest BCUT2D eigenvalue weighted by Gasteiger charge is 2.28. The topological polar surface area (TPSA) is 29.5 Å². The quantitative estimate of drug-likeness (QED) is 0.717. The van der Waals surface area contributed by atoms with Crippen LogP contribution in [-0.4, -0.2) is 29.0 Å². The predicted octanol–water partition coefficient (Wildman–Crippen LogP) is 2.13. The Morgan fingerprint density at radius 1 is 1.50 bits per heavy atom. The molecule has 1 aliphatic rings. The molecule has 0 saturated carbocycles. The lowest BCUT2D eigenvalue weighted by molar-refractivity contribution is 0.0723. The average Bonchev–Trinajstić information content (AvgIpc) is 2.48. The molecule has 12 heavy (non-hydrogen) atoms. The molecule has 2 unspecified atom stereocenters. The number of hydrogen-bond donors (Lipinski definition) is 1. The summed E-state index contributed by atoms with van der Waals surface area (Å²) in [5.74, 6) is 0.727. The minimum atomic E-state index is 0.133. The highest BCUT2D eigenvalue weighted by molar-refractivity contribution is 8.77. The van der Waals surface area contributed by atoms with E-state index in [-0.39, 0.29) is 6.61 Å². The smallest absolute Gasteiger partial charge is 0.114 e. The monoisotopic (exact) mass is 208 g/mol. The summed E-state index contributed by atoms with van der Waals surface area (Å²) in [5.41, 5.74) is 0.301. The third-order valence-electron chi connectivity index (χ3n) is 1.85. The molecule has 1 rings (SSSR count). The standard InChI is InChI=1S/C8H16O2S2/c1-6(2)7-5-8(12-11-7)10-4-3-9/h6-9H,3-5H2,1-2H3. The van der Waals surface area contributed by atoms with E-state index in [2.05, 4.69) is 13.8 Å². The van der Waals surface area contributed by atoms with E-state index in [1.807, 2.05) is 10.8 Å². The lowest BCUT2D eigenvalue weighted by Gasteiger charge is -2.12. The van der Waals surface area contributed by atoms with Gasteiger partial charge in [-0.3, -0.25) is 0 Å². The minimum absolute atomic E-state index is 0.133. The van der Waals surface area contributed by atoms with Crippen molar-refractivity contribution in [2.75, 3.05) is 13.2 Å². The first kappa shape index (κ1) is 10.7. The van der Waals surface area contributed by atoms with E-state index in [0.717, 1.165) is 17.6 Å². The molecule has 0 spiro atoms. The maximum atomic E-state index is 8.56. The SMILES string of the molecule is CC(C)C1CC(OCCO)SS1. The Morgan fingerprint density at radius 2 is 2.25 bits per heavy atom.